The minimum atomic E-state index is 0.0854. The molecule has 1 aliphatic carbocycles. The maximum Gasteiger partial charge on any atom is 0.224 e. The molecule has 0 bridgehead atoms. The Kier molecular flexibility index (Phi) is 6.96. The monoisotopic (exact) mass is 283 g/mol. The zero-order valence-corrected chi connectivity index (χ0v) is 14.0. The number of rotatable bonds is 7. The van der Waals surface area contributed by atoms with Crippen LogP contribution in [0.5, 0.6) is 0 Å². The Morgan fingerprint density at radius 1 is 1.15 bits per heavy atom. The van der Waals surface area contributed by atoms with E-state index < -0.39 is 0 Å². The lowest BCUT2D eigenvalue weighted by Gasteiger charge is -2.31. The molecule has 1 amide bonds. The van der Waals surface area contributed by atoms with Crippen LogP contribution in [0.2, 0.25) is 0 Å². The van der Waals surface area contributed by atoms with Crippen LogP contribution in [0.1, 0.15) is 52.9 Å². The number of carbonyl (C=O) groups is 1. The maximum absolute atomic E-state index is 12.5. The molecule has 4 nitrogen and oxygen atoms in total. The van der Waals surface area contributed by atoms with Crippen LogP contribution in [0.15, 0.2) is 0 Å². The van der Waals surface area contributed by atoms with E-state index in [2.05, 4.69) is 50.0 Å². The summed E-state index contributed by atoms with van der Waals surface area (Å²) in [5.74, 6) is 0.315. The molecule has 0 aromatic rings. The third kappa shape index (κ3) is 6.71. The van der Waals surface area contributed by atoms with Crippen LogP contribution in [0, 0.1) is 0 Å². The first kappa shape index (κ1) is 17.4. The second-order valence-electron chi connectivity index (χ2n) is 7.26. The van der Waals surface area contributed by atoms with Gasteiger partial charge in [-0.3, -0.25) is 4.79 Å². The van der Waals surface area contributed by atoms with E-state index in [9.17, 15) is 4.79 Å². The second-order valence-corrected chi connectivity index (χ2v) is 7.26. The minimum Gasteiger partial charge on any atom is -0.338 e. The molecule has 1 N–H and O–H groups in total. The van der Waals surface area contributed by atoms with Crippen molar-refractivity contribution in [2.75, 3.05) is 33.7 Å². The number of likely N-dealkylation sites (N-methyl/N-ethyl adjacent to an activating group) is 1. The van der Waals surface area contributed by atoms with Gasteiger partial charge in [-0.2, -0.15) is 0 Å². The Balaban J connectivity index is 2.46. The van der Waals surface area contributed by atoms with Gasteiger partial charge in [-0.05, 0) is 47.7 Å². The van der Waals surface area contributed by atoms with Crippen LogP contribution in [0.3, 0.4) is 0 Å². The van der Waals surface area contributed by atoms with Crippen molar-refractivity contribution >= 4 is 5.91 Å². The van der Waals surface area contributed by atoms with Crippen LogP contribution >= 0.6 is 0 Å². The highest BCUT2D eigenvalue weighted by Crippen LogP contribution is 2.23. The highest BCUT2D eigenvalue weighted by atomic mass is 16.2. The van der Waals surface area contributed by atoms with Gasteiger partial charge in [0.25, 0.3) is 0 Å². The summed E-state index contributed by atoms with van der Waals surface area (Å²) in [5.41, 5.74) is 0.0854. The van der Waals surface area contributed by atoms with Crippen LogP contribution in [0.4, 0.5) is 0 Å². The molecule has 0 atom stereocenters. The molecular weight excluding hydrogens is 250 g/mol. The van der Waals surface area contributed by atoms with E-state index in [0.717, 1.165) is 19.6 Å². The fraction of sp³-hybridized carbons (Fsp3) is 0.938. The highest BCUT2D eigenvalue weighted by Gasteiger charge is 2.26. The molecule has 4 heteroatoms. The van der Waals surface area contributed by atoms with Gasteiger partial charge >= 0.3 is 0 Å². The van der Waals surface area contributed by atoms with Gasteiger partial charge in [-0.15, -0.1) is 0 Å². The van der Waals surface area contributed by atoms with Gasteiger partial charge in [0.15, 0.2) is 0 Å². The standard InChI is InChI=1S/C16H33N3O/c1-16(2,3)17-11-10-15(20)19(13-12-18(4)5)14-8-6-7-9-14/h14,17H,6-13H2,1-5H3. The summed E-state index contributed by atoms with van der Waals surface area (Å²) in [5, 5.41) is 3.41. The summed E-state index contributed by atoms with van der Waals surface area (Å²) in [6.45, 7) is 9.00. The lowest BCUT2D eigenvalue weighted by atomic mass is 10.1. The number of hydrogen-bond acceptors (Lipinski definition) is 3. The van der Waals surface area contributed by atoms with Crippen LogP contribution < -0.4 is 5.32 Å². The van der Waals surface area contributed by atoms with Crippen molar-refractivity contribution in [1.82, 2.24) is 15.1 Å². The lowest BCUT2D eigenvalue weighted by molar-refractivity contribution is -0.133. The van der Waals surface area contributed by atoms with Gasteiger partial charge in [0.05, 0.1) is 0 Å². The van der Waals surface area contributed by atoms with E-state index in [1.807, 2.05) is 0 Å². The molecule has 0 aromatic carbocycles. The van der Waals surface area contributed by atoms with Gasteiger partial charge in [-0.1, -0.05) is 12.8 Å². The van der Waals surface area contributed by atoms with Crippen molar-refractivity contribution in [2.45, 2.75) is 64.5 Å². The molecule has 1 saturated carbocycles. The summed E-state index contributed by atoms with van der Waals surface area (Å²) in [4.78, 5) is 16.8. The van der Waals surface area contributed by atoms with Gasteiger partial charge < -0.3 is 15.1 Å². The molecule has 0 spiro atoms. The third-order valence-corrected chi connectivity index (χ3v) is 3.87. The number of amides is 1. The SMILES string of the molecule is CN(C)CCN(C(=O)CCNC(C)(C)C)C1CCCC1. The highest BCUT2D eigenvalue weighted by molar-refractivity contribution is 5.76. The number of nitrogens with one attached hydrogen (secondary N) is 1. The zero-order valence-electron chi connectivity index (χ0n) is 14.0. The molecule has 0 saturated heterocycles. The average Bonchev–Trinajstić information content (AvgIpc) is 2.80. The fourth-order valence-electron chi connectivity index (χ4n) is 2.72. The normalized spacial score (nSPS) is 16.9. The molecule has 0 aromatic heterocycles. The predicted molar refractivity (Wildman–Crippen MR) is 84.9 cm³/mol. The van der Waals surface area contributed by atoms with Gasteiger partial charge in [0.1, 0.15) is 0 Å². The van der Waals surface area contributed by atoms with Crippen molar-refractivity contribution < 1.29 is 4.79 Å². The first-order valence-electron chi connectivity index (χ1n) is 7.99. The van der Waals surface area contributed by atoms with Gasteiger partial charge in [-0.25, -0.2) is 0 Å². The van der Waals surface area contributed by atoms with E-state index in [1.54, 1.807) is 0 Å². The molecule has 0 radical (unpaired) electrons. The topological polar surface area (TPSA) is 35.6 Å². The summed E-state index contributed by atoms with van der Waals surface area (Å²) in [6, 6.07) is 0.483. The van der Waals surface area contributed by atoms with Gasteiger partial charge in [0.2, 0.25) is 5.91 Å². The molecule has 20 heavy (non-hydrogen) atoms. The summed E-state index contributed by atoms with van der Waals surface area (Å²) in [6.07, 6.45) is 5.53. The Hall–Kier alpha value is -0.610. The quantitative estimate of drug-likeness (QED) is 0.777. The molecule has 1 aliphatic rings. The van der Waals surface area contributed by atoms with E-state index in [1.165, 1.54) is 25.7 Å². The Morgan fingerprint density at radius 2 is 1.75 bits per heavy atom. The fourth-order valence-corrected chi connectivity index (χ4v) is 2.72. The van der Waals surface area contributed by atoms with Crippen molar-refractivity contribution in [3.8, 4) is 0 Å². The molecule has 1 rings (SSSR count). The largest absolute Gasteiger partial charge is 0.338 e. The van der Waals surface area contributed by atoms with Crippen molar-refractivity contribution in [3.63, 3.8) is 0 Å². The maximum atomic E-state index is 12.5. The first-order valence-corrected chi connectivity index (χ1v) is 7.99. The van der Waals surface area contributed by atoms with Crippen molar-refractivity contribution in [1.29, 1.82) is 0 Å². The molecular formula is C16H33N3O. The summed E-state index contributed by atoms with van der Waals surface area (Å²) < 4.78 is 0. The van der Waals surface area contributed by atoms with E-state index >= 15 is 0 Å². The molecule has 118 valence electrons. The Bertz CT molecular complexity index is 291. The summed E-state index contributed by atoms with van der Waals surface area (Å²) in [7, 11) is 4.14. The predicted octanol–water partition coefficient (Wildman–Crippen LogP) is 2.10. The van der Waals surface area contributed by atoms with Crippen molar-refractivity contribution in [3.05, 3.63) is 0 Å². The second kappa shape index (κ2) is 7.99. The summed E-state index contributed by atoms with van der Waals surface area (Å²) >= 11 is 0. The third-order valence-electron chi connectivity index (χ3n) is 3.87. The van der Waals surface area contributed by atoms with E-state index in [4.69, 9.17) is 0 Å². The van der Waals surface area contributed by atoms with Crippen LogP contribution in [-0.4, -0.2) is 61.0 Å². The molecule has 0 heterocycles. The van der Waals surface area contributed by atoms with Crippen LogP contribution in [-0.2, 0) is 4.79 Å². The minimum absolute atomic E-state index is 0.0854. The van der Waals surface area contributed by atoms with E-state index in [0.29, 0.717) is 18.4 Å². The molecule has 1 fully saturated rings. The average molecular weight is 283 g/mol. The smallest absolute Gasteiger partial charge is 0.224 e. The van der Waals surface area contributed by atoms with E-state index in [-0.39, 0.29) is 5.54 Å². The Morgan fingerprint density at radius 3 is 2.25 bits per heavy atom. The number of nitrogens with zero attached hydrogens (tertiary/aromatic N) is 2. The molecule has 0 aliphatic heterocycles. The number of hydrogen-bond donors (Lipinski definition) is 1. The lowest BCUT2D eigenvalue weighted by Crippen LogP contribution is -2.45. The molecule has 0 unspecified atom stereocenters. The number of carbonyl (C=O) groups excluding carboxylic acids is 1. The zero-order chi connectivity index (χ0) is 15.2. The van der Waals surface area contributed by atoms with Gasteiger partial charge in [0, 0.05) is 37.6 Å². The van der Waals surface area contributed by atoms with Crippen molar-refractivity contribution in [2.24, 2.45) is 0 Å². The Labute approximate surface area is 124 Å². The van der Waals surface area contributed by atoms with Crippen LogP contribution in [0.25, 0.3) is 0 Å². The first-order chi connectivity index (χ1) is 9.29.